The number of rotatable bonds is 3. The van der Waals surface area contributed by atoms with Crippen LogP contribution < -0.4 is 0 Å². The summed E-state index contributed by atoms with van der Waals surface area (Å²) in [6, 6.07) is 0. The number of allylic oxidation sites excluding steroid dienone is 1. The zero-order valence-corrected chi connectivity index (χ0v) is 8.54. The van der Waals surface area contributed by atoms with E-state index in [0.717, 1.165) is 19.3 Å². The lowest BCUT2D eigenvalue weighted by Crippen LogP contribution is -2.24. The highest BCUT2D eigenvalue weighted by atomic mass is 16.5. The maximum atomic E-state index is 11.6. The lowest BCUT2D eigenvalue weighted by molar-refractivity contribution is -0.146. The molecular formula is C11H16O3. The molecule has 1 aliphatic carbocycles. The van der Waals surface area contributed by atoms with Gasteiger partial charge in [-0.2, -0.15) is 0 Å². The minimum Gasteiger partial charge on any atom is -0.466 e. The molecule has 14 heavy (non-hydrogen) atoms. The van der Waals surface area contributed by atoms with Gasteiger partial charge in [0.2, 0.25) is 0 Å². The van der Waals surface area contributed by atoms with Crippen LogP contribution in [-0.4, -0.2) is 18.4 Å². The van der Waals surface area contributed by atoms with Crippen LogP contribution >= 0.6 is 0 Å². The van der Waals surface area contributed by atoms with Gasteiger partial charge in [-0.15, -0.1) is 0 Å². The van der Waals surface area contributed by atoms with Crippen molar-refractivity contribution in [1.29, 1.82) is 0 Å². The van der Waals surface area contributed by atoms with Gasteiger partial charge in [0, 0.05) is 5.92 Å². The highest BCUT2D eigenvalue weighted by molar-refractivity contribution is 5.98. The molecule has 0 aromatic carbocycles. The van der Waals surface area contributed by atoms with Gasteiger partial charge in [0.1, 0.15) is 0 Å². The van der Waals surface area contributed by atoms with Crippen molar-refractivity contribution in [2.45, 2.75) is 32.6 Å². The standard InChI is InChI=1S/C11H16O3/c1-3-14-10(12)7-9-6-4-5-8(2)11(9)13/h9H,2-7H2,1H3. The largest absolute Gasteiger partial charge is 0.466 e. The van der Waals surface area contributed by atoms with E-state index in [2.05, 4.69) is 6.58 Å². The highest BCUT2D eigenvalue weighted by Crippen LogP contribution is 2.26. The van der Waals surface area contributed by atoms with E-state index in [-0.39, 0.29) is 24.1 Å². The topological polar surface area (TPSA) is 43.4 Å². The van der Waals surface area contributed by atoms with E-state index in [1.807, 2.05) is 0 Å². The molecule has 1 saturated carbocycles. The van der Waals surface area contributed by atoms with Gasteiger partial charge in [-0.1, -0.05) is 6.58 Å². The normalized spacial score (nSPS) is 22.2. The van der Waals surface area contributed by atoms with E-state index in [1.54, 1.807) is 6.92 Å². The summed E-state index contributed by atoms with van der Waals surface area (Å²) in [4.78, 5) is 22.7. The molecule has 1 unspecified atom stereocenters. The maximum absolute atomic E-state index is 11.6. The van der Waals surface area contributed by atoms with Crippen LogP contribution in [0, 0.1) is 5.92 Å². The van der Waals surface area contributed by atoms with Crippen molar-refractivity contribution < 1.29 is 14.3 Å². The monoisotopic (exact) mass is 196 g/mol. The second-order valence-corrected chi connectivity index (χ2v) is 3.57. The van der Waals surface area contributed by atoms with E-state index >= 15 is 0 Å². The van der Waals surface area contributed by atoms with E-state index < -0.39 is 0 Å². The van der Waals surface area contributed by atoms with Gasteiger partial charge in [0.15, 0.2) is 5.78 Å². The first-order chi connectivity index (χ1) is 6.65. The zero-order chi connectivity index (χ0) is 10.6. The molecule has 0 aromatic rings. The fourth-order valence-corrected chi connectivity index (χ4v) is 1.72. The summed E-state index contributed by atoms with van der Waals surface area (Å²) in [5, 5.41) is 0. The van der Waals surface area contributed by atoms with Crippen molar-refractivity contribution in [3.8, 4) is 0 Å². The average Bonchev–Trinajstić information content (AvgIpc) is 2.13. The summed E-state index contributed by atoms with van der Waals surface area (Å²) in [6.45, 7) is 5.84. The second-order valence-electron chi connectivity index (χ2n) is 3.57. The first-order valence-electron chi connectivity index (χ1n) is 5.02. The van der Waals surface area contributed by atoms with Gasteiger partial charge < -0.3 is 4.74 Å². The number of carbonyl (C=O) groups excluding carboxylic acids is 2. The van der Waals surface area contributed by atoms with Crippen LogP contribution in [-0.2, 0) is 14.3 Å². The molecule has 78 valence electrons. The summed E-state index contributed by atoms with van der Waals surface area (Å²) in [5.74, 6) is -0.417. The predicted octanol–water partition coefficient (Wildman–Crippen LogP) is 1.86. The van der Waals surface area contributed by atoms with E-state index in [0.29, 0.717) is 12.2 Å². The fraction of sp³-hybridized carbons (Fsp3) is 0.636. The Morgan fingerprint density at radius 1 is 1.64 bits per heavy atom. The molecule has 0 heterocycles. The quantitative estimate of drug-likeness (QED) is 0.511. The smallest absolute Gasteiger partial charge is 0.306 e. The minimum atomic E-state index is -0.277. The molecule has 1 aliphatic rings. The molecular weight excluding hydrogens is 180 g/mol. The van der Waals surface area contributed by atoms with Crippen LogP contribution in [0.4, 0.5) is 0 Å². The van der Waals surface area contributed by atoms with Crippen LogP contribution in [0.1, 0.15) is 32.6 Å². The molecule has 3 nitrogen and oxygen atoms in total. The van der Waals surface area contributed by atoms with Crippen molar-refractivity contribution in [2.75, 3.05) is 6.61 Å². The van der Waals surface area contributed by atoms with Crippen molar-refractivity contribution in [1.82, 2.24) is 0 Å². The van der Waals surface area contributed by atoms with Gasteiger partial charge >= 0.3 is 5.97 Å². The molecule has 3 heteroatoms. The van der Waals surface area contributed by atoms with E-state index in [1.165, 1.54) is 0 Å². The second kappa shape index (κ2) is 4.94. The summed E-state index contributed by atoms with van der Waals surface area (Å²) in [6.07, 6.45) is 2.73. The van der Waals surface area contributed by atoms with Crippen molar-refractivity contribution in [3.05, 3.63) is 12.2 Å². The third-order valence-corrected chi connectivity index (χ3v) is 2.47. The number of ether oxygens (including phenoxy) is 1. The van der Waals surface area contributed by atoms with Crippen LogP contribution in [0.5, 0.6) is 0 Å². The van der Waals surface area contributed by atoms with Gasteiger partial charge in [-0.3, -0.25) is 9.59 Å². The van der Waals surface area contributed by atoms with Gasteiger partial charge in [0.25, 0.3) is 0 Å². The molecule has 0 spiro atoms. The Balaban J connectivity index is 2.47. The van der Waals surface area contributed by atoms with E-state index in [9.17, 15) is 9.59 Å². The predicted molar refractivity (Wildman–Crippen MR) is 52.7 cm³/mol. The average molecular weight is 196 g/mol. The summed E-state index contributed by atoms with van der Waals surface area (Å²) < 4.78 is 4.81. The molecule has 0 N–H and O–H groups in total. The summed E-state index contributed by atoms with van der Waals surface area (Å²) in [7, 11) is 0. The Morgan fingerprint density at radius 3 is 3.00 bits per heavy atom. The molecule has 0 bridgehead atoms. The first kappa shape index (κ1) is 11.0. The Morgan fingerprint density at radius 2 is 2.36 bits per heavy atom. The van der Waals surface area contributed by atoms with E-state index in [4.69, 9.17) is 4.74 Å². The zero-order valence-electron chi connectivity index (χ0n) is 8.54. The summed E-state index contributed by atoms with van der Waals surface area (Å²) in [5.41, 5.74) is 0.658. The Bertz CT molecular complexity index is 255. The lowest BCUT2D eigenvalue weighted by Gasteiger charge is -2.21. The third kappa shape index (κ3) is 2.69. The molecule has 0 radical (unpaired) electrons. The van der Waals surface area contributed by atoms with Crippen LogP contribution in [0.15, 0.2) is 12.2 Å². The molecule has 1 atom stereocenters. The SMILES string of the molecule is C=C1CCCC(CC(=O)OCC)C1=O. The van der Waals surface area contributed by atoms with Crippen LogP contribution in [0.3, 0.4) is 0 Å². The number of carbonyl (C=O) groups is 2. The molecule has 0 aromatic heterocycles. The minimum absolute atomic E-state index is 0.0457. The number of hydrogen-bond donors (Lipinski definition) is 0. The maximum Gasteiger partial charge on any atom is 0.306 e. The third-order valence-electron chi connectivity index (χ3n) is 2.47. The lowest BCUT2D eigenvalue weighted by atomic mass is 9.83. The van der Waals surface area contributed by atoms with Crippen LogP contribution in [0.2, 0.25) is 0 Å². The molecule has 0 aliphatic heterocycles. The van der Waals surface area contributed by atoms with Gasteiger partial charge in [-0.05, 0) is 31.8 Å². The molecule has 0 saturated heterocycles. The fourth-order valence-electron chi connectivity index (χ4n) is 1.72. The van der Waals surface area contributed by atoms with Crippen molar-refractivity contribution in [2.24, 2.45) is 5.92 Å². The number of esters is 1. The first-order valence-corrected chi connectivity index (χ1v) is 5.02. The number of Topliss-reactive ketones (excluding diaryl/α,β-unsaturated/α-hetero) is 1. The Labute approximate surface area is 84.1 Å². The van der Waals surface area contributed by atoms with Gasteiger partial charge in [0.05, 0.1) is 13.0 Å². The Kier molecular flexibility index (Phi) is 3.86. The van der Waals surface area contributed by atoms with Crippen molar-refractivity contribution in [3.63, 3.8) is 0 Å². The highest BCUT2D eigenvalue weighted by Gasteiger charge is 2.27. The summed E-state index contributed by atoms with van der Waals surface area (Å²) >= 11 is 0. The molecule has 1 fully saturated rings. The Hall–Kier alpha value is -1.12. The van der Waals surface area contributed by atoms with Gasteiger partial charge in [-0.25, -0.2) is 0 Å². The molecule has 1 rings (SSSR count). The molecule has 0 amide bonds. The van der Waals surface area contributed by atoms with Crippen LogP contribution in [0.25, 0.3) is 0 Å². The van der Waals surface area contributed by atoms with Crippen molar-refractivity contribution >= 4 is 11.8 Å². The number of hydrogen-bond acceptors (Lipinski definition) is 3. The number of ketones is 1.